The molecule has 0 atom stereocenters. The van der Waals surface area contributed by atoms with Crippen LogP contribution in [0.4, 0.5) is 0 Å². The fourth-order valence-corrected chi connectivity index (χ4v) is 2.00. The number of aryl methyl sites for hydroxylation is 3. The lowest BCUT2D eigenvalue weighted by Gasteiger charge is -1.99. The molecule has 0 fully saturated rings. The highest BCUT2D eigenvalue weighted by molar-refractivity contribution is 5.87. The summed E-state index contributed by atoms with van der Waals surface area (Å²) in [6, 6.07) is 6.49. The van der Waals surface area contributed by atoms with Gasteiger partial charge in [0.2, 0.25) is 0 Å². The summed E-state index contributed by atoms with van der Waals surface area (Å²) in [7, 11) is 2.11. The second-order valence-electron chi connectivity index (χ2n) is 3.59. The Morgan fingerprint density at radius 1 is 1.29 bits per heavy atom. The number of hydrogen-bond donors (Lipinski definition) is 1. The van der Waals surface area contributed by atoms with E-state index in [4.69, 9.17) is 0 Å². The van der Waals surface area contributed by atoms with E-state index in [1.165, 1.54) is 22.0 Å². The Balaban J connectivity index is 0.000000980. The number of fused-ring (bicyclic) bond motifs is 1. The van der Waals surface area contributed by atoms with E-state index in [1.54, 1.807) is 0 Å². The lowest BCUT2D eigenvalue weighted by molar-refractivity contribution is 0.954. The van der Waals surface area contributed by atoms with Gasteiger partial charge in [-0.1, -0.05) is 19.1 Å². The average molecular weight is 190 g/mol. The maximum absolute atomic E-state index is 2.23. The fourth-order valence-electron chi connectivity index (χ4n) is 2.00. The van der Waals surface area contributed by atoms with Crippen LogP contribution in [0.3, 0.4) is 0 Å². The second kappa shape index (κ2) is 3.84. The highest BCUT2D eigenvalue weighted by Crippen LogP contribution is 2.24. The van der Waals surface area contributed by atoms with Crippen LogP contribution >= 0.6 is 0 Å². The minimum atomic E-state index is 0. The highest BCUT2D eigenvalue weighted by Gasteiger charge is 2.05. The van der Waals surface area contributed by atoms with Gasteiger partial charge in [0.25, 0.3) is 0 Å². The Bertz CT molecular complexity index is 441. The molecule has 76 valence electrons. The molecular weight excluding hydrogens is 172 g/mol. The van der Waals surface area contributed by atoms with Crippen molar-refractivity contribution < 1.29 is 0 Å². The molecule has 0 radical (unpaired) electrons. The van der Waals surface area contributed by atoms with Crippen LogP contribution in [0.25, 0.3) is 10.9 Å². The summed E-state index contributed by atoms with van der Waals surface area (Å²) in [6.45, 7) is 4.39. The van der Waals surface area contributed by atoms with Crippen molar-refractivity contribution in [1.82, 2.24) is 10.7 Å². The maximum Gasteiger partial charge on any atom is 0.0483 e. The van der Waals surface area contributed by atoms with Gasteiger partial charge in [0.15, 0.2) is 0 Å². The standard InChI is InChI=1S/C12H15N.H3N/c1-4-10-8-13(3)11-7-5-6-9(2)12(10)11;/h5-8H,4H2,1-3H3;1H3. The summed E-state index contributed by atoms with van der Waals surface area (Å²) in [4.78, 5) is 0. The average Bonchev–Trinajstić information content (AvgIpc) is 2.45. The Labute approximate surface area is 85.1 Å². The smallest absolute Gasteiger partial charge is 0.0483 e. The maximum atomic E-state index is 2.23. The third kappa shape index (κ3) is 1.42. The van der Waals surface area contributed by atoms with E-state index in [0.29, 0.717) is 0 Å². The number of nitrogens with zero attached hydrogens (tertiary/aromatic N) is 1. The molecular formula is C12H18N2. The Morgan fingerprint density at radius 2 is 2.00 bits per heavy atom. The molecule has 0 bridgehead atoms. The summed E-state index contributed by atoms with van der Waals surface area (Å²) in [6.07, 6.45) is 3.35. The van der Waals surface area contributed by atoms with Gasteiger partial charge in [-0.15, -0.1) is 0 Å². The third-order valence-electron chi connectivity index (χ3n) is 2.68. The van der Waals surface area contributed by atoms with E-state index < -0.39 is 0 Å². The molecule has 1 aromatic heterocycles. The van der Waals surface area contributed by atoms with Crippen molar-refractivity contribution in [1.29, 1.82) is 0 Å². The van der Waals surface area contributed by atoms with E-state index >= 15 is 0 Å². The van der Waals surface area contributed by atoms with E-state index in [-0.39, 0.29) is 6.15 Å². The molecule has 2 heteroatoms. The summed E-state index contributed by atoms with van der Waals surface area (Å²) >= 11 is 0. The van der Waals surface area contributed by atoms with Crippen LogP contribution in [0.2, 0.25) is 0 Å². The van der Waals surface area contributed by atoms with Gasteiger partial charge in [0, 0.05) is 24.1 Å². The molecule has 0 saturated carbocycles. The molecule has 2 aromatic rings. The van der Waals surface area contributed by atoms with E-state index in [0.717, 1.165) is 6.42 Å². The zero-order valence-electron chi connectivity index (χ0n) is 9.17. The largest absolute Gasteiger partial charge is 0.350 e. The molecule has 1 aromatic carbocycles. The molecule has 0 unspecified atom stereocenters. The normalized spacial score (nSPS) is 10.2. The van der Waals surface area contributed by atoms with Crippen molar-refractivity contribution in [2.24, 2.45) is 7.05 Å². The Morgan fingerprint density at radius 3 is 2.64 bits per heavy atom. The van der Waals surface area contributed by atoms with Gasteiger partial charge in [-0.3, -0.25) is 0 Å². The minimum Gasteiger partial charge on any atom is -0.350 e. The minimum absolute atomic E-state index is 0. The van der Waals surface area contributed by atoms with Crippen molar-refractivity contribution in [3.8, 4) is 0 Å². The van der Waals surface area contributed by atoms with Crippen molar-refractivity contribution in [2.75, 3.05) is 0 Å². The summed E-state index contributed by atoms with van der Waals surface area (Å²) in [5.41, 5.74) is 4.18. The summed E-state index contributed by atoms with van der Waals surface area (Å²) < 4.78 is 2.21. The first kappa shape index (κ1) is 10.8. The van der Waals surface area contributed by atoms with Gasteiger partial charge in [0.1, 0.15) is 0 Å². The lowest BCUT2D eigenvalue weighted by atomic mass is 10.1. The van der Waals surface area contributed by atoms with Gasteiger partial charge in [-0.25, -0.2) is 0 Å². The molecule has 2 nitrogen and oxygen atoms in total. The van der Waals surface area contributed by atoms with Gasteiger partial charge in [-0.2, -0.15) is 0 Å². The summed E-state index contributed by atoms with van der Waals surface area (Å²) in [5, 5.41) is 1.44. The van der Waals surface area contributed by atoms with Crippen molar-refractivity contribution in [3.63, 3.8) is 0 Å². The van der Waals surface area contributed by atoms with Gasteiger partial charge >= 0.3 is 0 Å². The zero-order valence-corrected chi connectivity index (χ0v) is 9.17. The van der Waals surface area contributed by atoms with Crippen LogP contribution in [0.1, 0.15) is 18.1 Å². The number of rotatable bonds is 1. The SMILES string of the molecule is CCc1cn(C)c2cccc(C)c12.N. The molecule has 0 aliphatic heterocycles. The monoisotopic (exact) mass is 190 g/mol. The molecule has 0 aliphatic rings. The van der Waals surface area contributed by atoms with Crippen LogP contribution < -0.4 is 6.15 Å². The van der Waals surface area contributed by atoms with Crippen LogP contribution in [0.15, 0.2) is 24.4 Å². The fraction of sp³-hybridized carbons (Fsp3) is 0.333. The number of hydrogen-bond acceptors (Lipinski definition) is 1. The predicted octanol–water partition coefficient (Wildman–Crippen LogP) is 3.21. The Hall–Kier alpha value is -1.28. The molecule has 0 saturated heterocycles. The molecule has 1 heterocycles. The molecule has 2 rings (SSSR count). The van der Waals surface area contributed by atoms with Crippen molar-refractivity contribution >= 4 is 10.9 Å². The van der Waals surface area contributed by atoms with E-state index in [9.17, 15) is 0 Å². The third-order valence-corrected chi connectivity index (χ3v) is 2.68. The van der Waals surface area contributed by atoms with E-state index in [2.05, 4.69) is 49.9 Å². The Kier molecular flexibility index (Phi) is 2.96. The van der Waals surface area contributed by atoms with Crippen LogP contribution in [0.5, 0.6) is 0 Å². The van der Waals surface area contributed by atoms with Gasteiger partial charge < -0.3 is 10.7 Å². The van der Waals surface area contributed by atoms with Crippen LogP contribution in [-0.4, -0.2) is 4.57 Å². The first-order chi connectivity index (χ1) is 6.24. The van der Waals surface area contributed by atoms with E-state index in [1.807, 2.05) is 0 Å². The molecule has 3 N–H and O–H groups in total. The first-order valence-corrected chi connectivity index (χ1v) is 4.77. The number of aromatic nitrogens is 1. The number of benzene rings is 1. The topological polar surface area (TPSA) is 39.9 Å². The summed E-state index contributed by atoms with van der Waals surface area (Å²) in [5.74, 6) is 0. The van der Waals surface area contributed by atoms with Gasteiger partial charge in [-0.05, 0) is 30.5 Å². The first-order valence-electron chi connectivity index (χ1n) is 4.77. The predicted molar refractivity (Wildman–Crippen MR) is 62.1 cm³/mol. The lowest BCUT2D eigenvalue weighted by Crippen LogP contribution is -1.83. The van der Waals surface area contributed by atoms with Crippen molar-refractivity contribution in [2.45, 2.75) is 20.3 Å². The molecule has 14 heavy (non-hydrogen) atoms. The quantitative estimate of drug-likeness (QED) is 0.737. The molecule has 0 aliphatic carbocycles. The molecule has 0 spiro atoms. The highest BCUT2D eigenvalue weighted by atomic mass is 14.9. The zero-order chi connectivity index (χ0) is 9.42. The van der Waals surface area contributed by atoms with Crippen LogP contribution in [0, 0.1) is 6.92 Å². The van der Waals surface area contributed by atoms with Crippen LogP contribution in [-0.2, 0) is 13.5 Å². The van der Waals surface area contributed by atoms with Crippen molar-refractivity contribution in [3.05, 3.63) is 35.5 Å². The second-order valence-corrected chi connectivity index (χ2v) is 3.59. The van der Waals surface area contributed by atoms with Gasteiger partial charge in [0.05, 0.1) is 0 Å². The molecule has 0 amide bonds.